The first kappa shape index (κ1) is 14.6. The maximum atomic E-state index is 4.73. The van der Waals surface area contributed by atoms with Crippen LogP contribution in [0.3, 0.4) is 0 Å². The summed E-state index contributed by atoms with van der Waals surface area (Å²) in [6.45, 7) is 6.26. The van der Waals surface area contributed by atoms with Gasteiger partial charge in [0.1, 0.15) is 10.1 Å². The fourth-order valence-corrected chi connectivity index (χ4v) is 3.71. The van der Waals surface area contributed by atoms with Gasteiger partial charge in [-0.25, -0.2) is 9.97 Å². The third kappa shape index (κ3) is 3.45. The summed E-state index contributed by atoms with van der Waals surface area (Å²) in [5.41, 5.74) is 1.21. The highest BCUT2D eigenvalue weighted by molar-refractivity contribution is 7.99. The summed E-state index contributed by atoms with van der Waals surface area (Å²) in [7, 11) is 0. The lowest BCUT2D eigenvalue weighted by Gasteiger charge is -2.08. The molecule has 6 heteroatoms. The Morgan fingerprint density at radius 3 is 3.05 bits per heavy atom. The van der Waals surface area contributed by atoms with Crippen LogP contribution in [0, 0.1) is 5.92 Å². The van der Waals surface area contributed by atoms with E-state index in [1.54, 1.807) is 23.1 Å². The third-order valence-corrected chi connectivity index (χ3v) is 4.74. The summed E-state index contributed by atoms with van der Waals surface area (Å²) in [6, 6.07) is 5.95. The quantitative estimate of drug-likeness (QED) is 0.753. The molecule has 0 amide bonds. The molecule has 0 aliphatic carbocycles. The highest BCUT2D eigenvalue weighted by Crippen LogP contribution is 2.30. The molecule has 0 aromatic carbocycles. The van der Waals surface area contributed by atoms with E-state index in [0.29, 0.717) is 5.92 Å². The largest absolute Gasteiger partial charge is 0.311 e. The van der Waals surface area contributed by atoms with E-state index in [1.807, 2.05) is 24.4 Å². The molecule has 21 heavy (non-hydrogen) atoms. The van der Waals surface area contributed by atoms with Gasteiger partial charge in [0, 0.05) is 24.3 Å². The first-order chi connectivity index (χ1) is 10.2. The molecule has 3 heterocycles. The lowest BCUT2D eigenvalue weighted by atomic mass is 10.2. The van der Waals surface area contributed by atoms with Gasteiger partial charge in [-0.2, -0.15) is 0 Å². The van der Waals surface area contributed by atoms with Crippen molar-refractivity contribution >= 4 is 28.1 Å². The summed E-state index contributed by atoms with van der Waals surface area (Å²) < 4.78 is 2.17. The van der Waals surface area contributed by atoms with Crippen LogP contribution in [0.25, 0.3) is 4.96 Å². The highest BCUT2D eigenvalue weighted by Gasteiger charge is 2.14. The van der Waals surface area contributed by atoms with Gasteiger partial charge in [-0.05, 0) is 36.4 Å². The van der Waals surface area contributed by atoms with Crippen LogP contribution in [0.1, 0.15) is 19.5 Å². The molecule has 0 spiro atoms. The maximum Gasteiger partial charge on any atom is 0.194 e. The number of nitrogens with one attached hydrogen (secondary N) is 1. The van der Waals surface area contributed by atoms with Crippen LogP contribution in [0.4, 0.5) is 0 Å². The Morgan fingerprint density at radius 2 is 2.29 bits per heavy atom. The van der Waals surface area contributed by atoms with Gasteiger partial charge >= 0.3 is 0 Å². The van der Waals surface area contributed by atoms with Gasteiger partial charge in [0.05, 0.1) is 5.69 Å². The van der Waals surface area contributed by atoms with E-state index in [0.717, 1.165) is 28.1 Å². The van der Waals surface area contributed by atoms with Crippen LogP contribution < -0.4 is 5.32 Å². The number of pyridine rings is 1. The van der Waals surface area contributed by atoms with Gasteiger partial charge in [-0.1, -0.05) is 19.9 Å². The summed E-state index contributed by atoms with van der Waals surface area (Å²) in [5.74, 6) is 0.641. The lowest BCUT2D eigenvalue weighted by molar-refractivity contribution is 0.544. The van der Waals surface area contributed by atoms with Crippen LogP contribution in [-0.4, -0.2) is 20.9 Å². The number of rotatable bonds is 6. The molecule has 0 saturated heterocycles. The van der Waals surface area contributed by atoms with Gasteiger partial charge < -0.3 is 5.32 Å². The molecular formula is C15H18N4S2. The van der Waals surface area contributed by atoms with Crippen molar-refractivity contribution < 1.29 is 0 Å². The zero-order valence-electron chi connectivity index (χ0n) is 12.1. The van der Waals surface area contributed by atoms with Crippen molar-refractivity contribution in [2.24, 2.45) is 5.92 Å². The molecule has 0 bridgehead atoms. The van der Waals surface area contributed by atoms with E-state index < -0.39 is 0 Å². The van der Waals surface area contributed by atoms with Crippen LogP contribution in [0.2, 0.25) is 0 Å². The van der Waals surface area contributed by atoms with E-state index >= 15 is 0 Å². The van der Waals surface area contributed by atoms with Crippen molar-refractivity contribution in [3.8, 4) is 0 Å². The first-order valence-corrected chi connectivity index (χ1v) is 8.67. The monoisotopic (exact) mass is 318 g/mol. The summed E-state index contributed by atoms with van der Waals surface area (Å²) in [6.07, 6.45) is 3.90. The second-order valence-electron chi connectivity index (χ2n) is 5.21. The standard InChI is InChI=1S/C15H18N4S2/c1-11(2)9-16-10-12-14(18-15-19(12)7-8-20-15)21-13-5-3-4-6-17-13/h3-8,11,16H,9-10H2,1-2H3. The van der Waals surface area contributed by atoms with Crippen molar-refractivity contribution in [3.63, 3.8) is 0 Å². The van der Waals surface area contributed by atoms with Crippen LogP contribution in [0.15, 0.2) is 46.0 Å². The Morgan fingerprint density at radius 1 is 1.38 bits per heavy atom. The molecule has 0 saturated carbocycles. The molecule has 3 aromatic heterocycles. The number of nitrogens with zero attached hydrogens (tertiary/aromatic N) is 3. The van der Waals surface area contributed by atoms with Crippen molar-refractivity contribution in [3.05, 3.63) is 41.7 Å². The van der Waals surface area contributed by atoms with E-state index in [-0.39, 0.29) is 0 Å². The van der Waals surface area contributed by atoms with Gasteiger partial charge in [-0.15, -0.1) is 11.3 Å². The lowest BCUT2D eigenvalue weighted by Crippen LogP contribution is -2.20. The molecule has 0 unspecified atom stereocenters. The minimum absolute atomic E-state index is 0.641. The average molecular weight is 318 g/mol. The Labute approximate surface area is 132 Å². The smallest absolute Gasteiger partial charge is 0.194 e. The van der Waals surface area contributed by atoms with Crippen LogP contribution in [-0.2, 0) is 6.54 Å². The minimum atomic E-state index is 0.641. The average Bonchev–Trinajstić information content (AvgIpc) is 3.02. The normalized spacial score (nSPS) is 11.6. The number of thiazole rings is 1. The second-order valence-corrected chi connectivity index (χ2v) is 7.10. The van der Waals surface area contributed by atoms with E-state index in [9.17, 15) is 0 Å². The fourth-order valence-electron chi connectivity index (χ4n) is 2.04. The molecule has 0 fully saturated rings. The SMILES string of the molecule is CC(C)CNCc1c(Sc2ccccn2)nc2sccn12. The molecule has 0 aliphatic heterocycles. The molecule has 1 N–H and O–H groups in total. The molecule has 110 valence electrons. The Hall–Kier alpha value is -1.37. The second kappa shape index (κ2) is 6.60. The first-order valence-electron chi connectivity index (χ1n) is 6.98. The molecule has 3 rings (SSSR count). The van der Waals surface area contributed by atoms with E-state index in [4.69, 9.17) is 4.98 Å². The molecule has 0 radical (unpaired) electrons. The third-order valence-electron chi connectivity index (χ3n) is 3.01. The molecule has 0 aliphatic rings. The minimum Gasteiger partial charge on any atom is -0.311 e. The zero-order valence-corrected chi connectivity index (χ0v) is 13.7. The Bertz CT molecular complexity index is 703. The zero-order chi connectivity index (χ0) is 14.7. The molecular weight excluding hydrogens is 300 g/mol. The fraction of sp³-hybridized carbons (Fsp3) is 0.333. The number of imidazole rings is 1. The number of aromatic nitrogens is 3. The van der Waals surface area contributed by atoms with E-state index in [2.05, 4.69) is 40.1 Å². The van der Waals surface area contributed by atoms with Gasteiger partial charge in [0.2, 0.25) is 0 Å². The van der Waals surface area contributed by atoms with Gasteiger partial charge in [0.25, 0.3) is 0 Å². The van der Waals surface area contributed by atoms with Crippen molar-refractivity contribution in [2.75, 3.05) is 6.54 Å². The highest BCUT2D eigenvalue weighted by atomic mass is 32.2. The summed E-state index contributed by atoms with van der Waals surface area (Å²) >= 11 is 3.29. The number of fused-ring (bicyclic) bond motifs is 1. The predicted octanol–water partition coefficient (Wildman–Crippen LogP) is 3.69. The van der Waals surface area contributed by atoms with Crippen molar-refractivity contribution in [2.45, 2.75) is 30.4 Å². The summed E-state index contributed by atoms with van der Waals surface area (Å²) in [4.78, 5) is 10.1. The van der Waals surface area contributed by atoms with Crippen LogP contribution >= 0.6 is 23.1 Å². The molecule has 3 aromatic rings. The van der Waals surface area contributed by atoms with Gasteiger partial charge in [0.15, 0.2) is 4.96 Å². The van der Waals surface area contributed by atoms with Crippen LogP contribution in [0.5, 0.6) is 0 Å². The predicted molar refractivity (Wildman–Crippen MR) is 88.0 cm³/mol. The van der Waals surface area contributed by atoms with Crippen molar-refractivity contribution in [1.82, 2.24) is 19.7 Å². The molecule has 0 atom stereocenters. The van der Waals surface area contributed by atoms with Gasteiger partial charge in [-0.3, -0.25) is 4.40 Å². The number of hydrogen-bond donors (Lipinski definition) is 1. The Balaban J connectivity index is 1.85. The maximum absolute atomic E-state index is 4.73. The van der Waals surface area contributed by atoms with Crippen molar-refractivity contribution in [1.29, 1.82) is 0 Å². The Kier molecular flexibility index (Phi) is 4.57. The summed E-state index contributed by atoms with van der Waals surface area (Å²) in [5, 5.41) is 7.60. The topological polar surface area (TPSA) is 42.2 Å². The molecule has 4 nitrogen and oxygen atoms in total. The van der Waals surface area contributed by atoms with E-state index in [1.165, 1.54) is 5.69 Å². The number of hydrogen-bond acceptors (Lipinski definition) is 5.